The van der Waals surface area contributed by atoms with Gasteiger partial charge in [-0.2, -0.15) is 11.3 Å². The fourth-order valence-corrected chi connectivity index (χ4v) is 2.39. The van der Waals surface area contributed by atoms with Crippen molar-refractivity contribution in [1.82, 2.24) is 4.98 Å². The molecule has 0 aliphatic heterocycles. The molecule has 2 aromatic heterocycles. The van der Waals surface area contributed by atoms with Gasteiger partial charge in [0.15, 0.2) is 11.6 Å². The SMILES string of the molecule is CC(Cc1ccsc1)Nc1ncc(Cl)cc1F. The maximum atomic E-state index is 13.5. The van der Waals surface area contributed by atoms with Gasteiger partial charge in [-0.15, -0.1) is 0 Å². The van der Waals surface area contributed by atoms with Gasteiger partial charge in [0.05, 0.1) is 5.02 Å². The lowest BCUT2D eigenvalue weighted by molar-refractivity contribution is 0.619. The lowest BCUT2D eigenvalue weighted by Gasteiger charge is -2.14. The molecule has 0 fully saturated rings. The molecule has 5 heteroatoms. The van der Waals surface area contributed by atoms with Crippen molar-refractivity contribution in [3.05, 3.63) is 45.5 Å². The highest BCUT2D eigenvalue weighted by Gasteiger charge is 2.09. The predicted octanol–water partition coefficient (Wildman–Crippen LogP) is 3.98. The average molecular weight is 271 g/mol. The summed E-state index contributed by atoms with van der Waals surface area (Å²) in [6, 6.07) is 3.44. The van der Waals surface area contributed by atoms with E-state index in [0.29, 0.717) is 5.02 Å². The summed E-state index contributed by atoms with van der Waals surface area (Å²) in [5.41, 5.74) is 1.24. The molecule has 17 heavy (non-hydrogen) atoms. The second-order valence-corrected chi connectivity index (χ2v) is 5.08. The van der Waals surface area contributed by atoms with Gasteiger partial charge in [0, 0.05) is 12.2 Å². The van der Waals surface area contributed by atoms with Gasteiger partial charge in [0.1, 0.15) is 0 Å². The van der Waals surface area contributed by atoms with Crippen LogP contribution in [0.15, 0.2) is 29.1 Å². The predicted molar refractivity (Wildman–Crippen MR) is 70.3 cm³/mol. The molecule has 0 bridgehead atoms. The first-order chi connectivity index (χ1) is 8.15. The van der Waals surface area contributed by atoms with E-state index in [-0.39, 0.29) is 11.9 Å². The van der Waals surface area contributed by atoms with Gasteiger partial charge in [-0.05, 0) is 41.8 Å². The topological polar surface area (TPSA) is 24.9 Å². The van der Waals surface area contributed by atoms with Crippen LogP contribution in [-0.2, 0) is 6.42 Å². The molecule has 2 aromatic rings. The van der Waals surface area contributed by atoms with E-state index in [2.05, 4.69) is 21.7 Å². The van der Waals surface area contributed by atoms with E-state index in [1.165, 1.54) is 17.8 Å². The standard InChI is InChI=1S/C12H12ClFN2S/c1-8(4-9-2-3-17-7-9)16-12-11(14)5-10(13)6-15-12/h2-3,5-8H,4H2,1H3,(H,15,16). The fourth-order valence-electron chi connectivity index (χ4n) is 1.57. The Kier molecular flexibility index (Phi) is 3.97. The first kappa shape index (κ1) is 12.3. The maximum Gasteiger partial charge on any atom is 0.166 e. The third kappa shape index (κ3) is 3.41. The van der Waals surface area contributed by atoms with E-state index in [1.807, 2.05) is 12.3 Å². The van der Waals surface area contributed by atoms with Crippen molar-refractivity contribution in [1.29, 1.82) is 0 Å². The van der Waals surface area contributed by atoms with Crippen molar-refractivity contribution < 1.29 is 4.39 Å². The highest BCUT2D eigenvalue weighted by atomic mass is 35.5. The van der Waals surface area contributed by atoms with Crippen LogP contribution in [0.5, 0.6) is 0 Å². The number of rotatable bonds is 4. The summed E-state index contributed by atoms with van der Waals surface area (Å²) in [6.07, 6.45) is 2.28. The number of aromatic nitrogens is 1. The monoisotopic (exact) mass is 270 g/mol. The smallest absolute Gasteiger partial charge is 0.166 e. The molecule has 0 aliphatic rings. The Morgan fingerprint density at radius 1 is 1.59 bits per heavy atom. The van der Waals surface area contributed by atoms with Crippen LogP contribution in [0.1, 0.15) is 12.5 Å². The Morgan fingerprint density at radius 3 is 3.06 bits per heavy atom. The number of anilines is 1. The Balaban J connectivity index is 2.00. The second kappa shape index (κ2) is 5.47. The molecule has 90 valence electrons. The molecule has 0 spiro atoms. The minimum Gasteiger partial charge on any atom is -0.365 e. The summed E-state index contributed by atoms with van der Waals surface area (Å²) in [5, 5.41) is 7.46. The van der Waals surface area contributed by atoms with Crippen molar-refractivity contribution in [2.75, 3.05) is 5.32 Å². The van der Waals surface area contributed by atoms with Crippen LogP contribution in [-0.4, -0.2) is 11.0 Å². The Bertz CT molecular complexity index is 487. The normalized spacial score (nSPS) is 12.4. The lowest BCUT2D eigenvalue weighted by atomic mass is 10.1. The van der Waals surface area contributed by atoms with Crippen LogP contribution in [0.4, 0.5) is 10.2 Å². The Labute approximate surface area is 108 Å². The van der Waals surface area contributed by atoms with Crippen LogP contribution in [0.25, 0.3) is 0 Å². The van der Waals surface area contributed by atoms with Gasteiger partial charge in [-0.1, -0.05) is 11.6 Å². The number of hydrogen-bond donors (Lipinski definition) is 1. The summed E-state index contributed by atoms with van der Waals surface area (Å²) in [7, 11) is 0. The lowest BCUT2D eigenvalue weighted by Crippen LogP contribution is -2.19. The summed E-state index contributed by atoms with van der Waals surface area (Å²) in [6.45, 7) is 1.99. The van der Waals surface area contributed by atoms with E-state index in [4.69, 9.17) is 11.6 Å². The van der Waals surface area contributed by atoms with E-state index in [1.54, 1.807) is 11.3 Å². The van der Waals surface area contributed by atoms with E-state index in [0.717, 1.165) is 6.42 Å². The number of nitrogens with one attached hydrogen (secondary N) is 1. The molecule has 2 rings (SSSR count). The van der Waals surface area contributed by atoms with Crippen LogP contribution < -0.4 is 5.32 Å². The zero-order valence-electron chi connectivity index (χ0n) is 9.28. The molecule has 2 nitrogen and oxygen atoms in total. The molecule has 1 atom stereocenters. The van der Waals surface area contributed by atoms with Gasteiger partial charge in [-0.25, -0.2) is 9.37 Å². The summed E-state index contributed by atoms with van der Waals surface area (Å²) in [4.78, 5) is 3.93. The molecule has 0 saturated heterocycles. The molecular formula is C12H12ClFN2S. The van der Waals surface area contributed by atoms with Crippen molar-refractivity contribution in [3.63, 3.8) is 0 Å². The Morgan fingerprint density at radius 2 is 2.41 bits per heavy atom. The number of thiophene rings is 1. The minimum absolute atomic E-state index is 0.118. The van der Waals surface area contributed by atoms with Crippen molar-refractivity contribution in [2.24, 2.45) is 0 Å². The first-order valence-corrected chi connectivity index (χ1v) is 6.56. The molecule has 0 amide bonds. The zero-order valence-corrected chi connectivity index (χ0v) is 10.9. The molecule has 0 aliphatic carbocycles. The molecule has 0 saturated carbocycles. The molecule has 1 N–H and O–H groups in total. The maximum absolute atomic E-state index is 13.5. The largest absolute Gasteiger partial charge is 0.365 e. The van der Waals surface area contributed by atoms with Crippen molar-refractivity contribution >= 4 is 28.8 Å². The highest BCUT2D eigenvalue weighted by molar-refractivity contribution is 7.07. The molecule has 0 radical (unpaired) electrons. The van der Waals surface area contributed by atoms with Gasteiger partial charge in [-0.3, -0.25) is 0 Å². The second-order valence-electron chi connectivity index (χ2n) is 3.87. The highest BCUT2D eigenvalue weighted by Crippen LogP contribution is 2.17. The van der Waals surface area contributed by atoms with Crippen molar-refractivity contribution in [3.8, 4) is 0 Å². The number of pyridine rings is 1. The number of nitrogens with zero attached hydrogens (tertiary/aromatic N) is 1. The summed E-state index contributed by atoms with van der Waals surface area (Å²) >= 11 is 7.30. The third-order valence-corrected chi connectivity index (χ3v) is 3.25. The number of hydrogen-bond acceptors (Lipinski definition) is 3. The molecule has 0 aromatic carbocycles. The quantitative estimate of drug-likeness (QED) is 0.909. The van der Waals surface area contributed by atoms with Gasteiger partial charge < -0.3 is 5.32 Å². The summed E-state index contributed by atoms with van der Waals surface area (Å²) < 4.78 is 13.5. The van der Waals surface area contributed by atoms with Crippen LogP contribution in [0, 0.1) is 5.82 Å². The molecule has 2 heterocycles. The van der Waals surface area contributed by atoms with E-state index in [9.17, 15) is 4.39 Å². The average Bonchev–Trinajstić information content (AvgIpc) is 2.75. The van der Waals surface area contributed by atoms with Crippen LogP contribution in [0.3, 0.4) is 0 Å². The molecule has 1 unspecified atom stereocenters. The molecular weight excluding hydrogens is 259 g/mol. The first-order valence-electron chi connectivity index (χ1n) is 5.24. The third-order valence-electron chi connectivity index (χ3n) is 2.31. The number of halogens is 2. The zero-order chi connectivity index (χ0) is 12.3. The van der Waals surface area contributed by atoms with Crippen molar-refractivity contribution in [2.45, 2.75) is 19.4 Å². The summed E-state index contributed by atoms with van der Waals surface area (Å²) in [5.74, 6) is -0.174. The van der Waals surface area contributed by atoms with E-state index >= 15 is 0 Å². The van der Waals surface area contributed by atoms with Gasteiger partial charge >= 0.3 is 0 Å². The Hall–Kier alpha value is -1.13. The van der Waals surface area contributed by atoms with Crippen LogP contribution >= 0.6 is 22.9 Å². The van der Waals surface area contributed by atoms with E-state index < -0.39 is 5.82 Å². The fraction of sp³-hybridized carbons (Fsp3) is 0.250. The minimum atomic E-state index is -0.422. The van der Waals surface area contributed by atoms with Gasteiger partial charge in [0.25, 0.3) is 0 Å². The van der Waals surface area contributed by atoms with Crippen LogP contribution in [0.2, 0.25) is 5.02 Å². The van der Waals surface area contributed by atoms with Gasteiger partial charge in [0.2, 0.25) is 0 Å².